The standard InChI is InChI=1S/C29H22F6N6O5S/c1-17-2-11-23(44-14-28(30,31)32)22(12-17)41-24(42)13-47-27(41)38-26(43)37-16-45-20-7-3-18(4-8-20)25-36-15-40(39-25)19-5-9-21(10-6-19)46-29(33,34)35/h2-12,15H,13-14,16H2,1H3,(H,37,43)/b38-27-. The minimum Gasteiger partial charge on any atom is -0.482 e. The zero-order valence-corrected chi connectivity index (χ0v) is 24.8. The second-order valence-electron chi connectivity index (χ2n) is 9.64. The summed E-state index contributed by atoms with van der Waals surface area (Å²) in [5, 5.41) is 6.70. The number of aryl methyl sites for hydroxylation is 1. The number of amides is 3. The number of amidine groups is 1. The van der Waals surface area contributed by atoms with Gasteiger partial charge in [0.15, 0.2) is 24.3 Å². The van der Waals surface area contributed by atoms with Gasteiger partial charge >= 0.3 is 18.6 Å². The first-order valence-electron chi connectivity index (χ1n) is 13.4. The van der Waals surface area contributed by atoms with Crippen molar-refractivity contribution >= 4 is 34.6 Å². The van der Waals surface area contributed by atoms with Gasteiger partial charge in [0.25, 0.3) is 0 Å². The Morgan fingerprint density at radius 3 is 2.36 bits per heavy atom. The molecule has 0 radical (unpaired) electrons. The maximum Gasteiger partial charge on any atom is 0.573 e. The molecule has 0 saturated carbocycles. The van der Waals surface area contributed by atoms with Gasteiger partial charge < -0.3 is 19.5 Å². The predicted octanol–water partition coefficient (Wildman–Crippen LogP) is 6.26. The van der Waals surface area contributed by atoms with E-state index in [-0.39, 0.29) is 34.8 Å². The summed E-state index contributed by atoms with van der Waals surface area (Å²) < 4.78 is 91.1. The van der Waals surface area contributed by atoms with Gasteiger partial charge in [-0.15, -0.1) is 18.3 Å². The molecular weight excluding hydrogens is 658 g/mol. The number of alkyl halides is 6. The number of hydrogen-bond acceptors (Lipinski definition) is 8. The molecule has 1 fully saturated rings. The van der Waals surface area contributed by atoms with E-state index >= 15 is 0 Å². The summed E-state index contributed by atoms with van der Waals surface area (Å²) in [5.41, 5.74) is 1.72. The van der Waals surface area contributed by atoms with E-state index in [2.05, 4.69) is 25.1 Å². The fraction of sp³-hybridized carbons (Fsp3) is 0.207. The predicted molar refractivity (Wildman–Crippen MR) is 158 cm³/mol. The van der Waals surface area contributed by atoms with Gasteiger partial charge in [-0.25, -0.2) is 14.5 Å². The lowest BCUT2D eigenvalue weighted by Crippen LogP contribution is -2.33. The number of hydrogen-bond donors (Lipinski definition) is 1. The Bertz CT molecular complexity index is 1780. The van der Waals surface area contributed by atoms with Crippen LogP contribution < -0.4 is 24.4 Å². The Kier molecular flexibility index (Phi) is 9.59. The third-order valence-corrected chi connectivity index (χ3v) is 7.03. The Morgan fingerprint density at radius 2 is 1.68 bits per heavy atom. The summed E-state index contributed by atoms with van der Waals surface area (Å²) in [5.74, 6) is -0.459. The van der Waals surface area contributed by atoms with Crippen LogP contribution in [0.1, 0.15) is 5.56 Å². The molecule has 3 amide bonds. The molecule has 0 bridgehead atoms. The van der Waals surface area contributed by atoms with Crippen LogP contribution in [0.4, 0.5) is 36.8 Å². The third-order valence-electron chi connectivity index (χ3n) is 6.11. The number of anilines is 1. The zero-order valence-electron chi connectivity index (χ0n) is 24.0. The first kappa shape index (κ1) is 33.1. The van der Waals surface area contributed by atoms with E-state index in [0.29, 0.717) is 28.4 Å². The summed E-state index contributed by atoms with van der Waals surface area (Å²) >= 11 is 0.939. The van der Waals surface area contributed by atoms with E-state index in [9.17, 15) is 35.9 Å². The summed E-state index contributed by atoms with van der Waals surface area (Å²) in [6.45, 7) is -0.187. The maximum atomic E-state index is 12.8. The Labute approximate surface area is 266 Å². The van der Waals surface area contributed by atoms with Crippen molar-refractivity contribution in [2.24, 2.45) is 4.99 Å². The van der Waals surface area contributed by atoms with Crippen molar-refractivity contribution in [3.05, 3.63) is 78.6 Å². The second kappa shape index (κ2) is 13.6. The number of nitrogens with one attached hydrogen (secondary N) is 1. The minimum atomic E-state index is -4.80. The van der Waals surface area contributed by atoms with Crippen molar-refractivity contribution in [1.29, 1.82) is 0 Å². The largest absolute Gasteiger partial charge is 0.573 e. The van der Waals surface area contributed by atoms with Gasteiger partial charge in [0.2, 0.25) is 5.91 Å². The van der Waals surface area contributed by atoms with Crippen molar-refractivity contribution in [2.45, 2.75) is 19.5 Å². The second-order valence-corrected chi connectivity index (χ2v) is 10.6. The van der Waals surface area contributed by atoms with Gasteiger partial charge in [-0.1, -0.05) is 17.8 Å². The van der Waals surface area contributed by atoms with E-state index in [1.165, 1.54) is 41.3 Å². The molecule has 18 heteroatoms. The first-order chi connectivity index (χ1) is 22.2. The number of aromatic nitrogens is 3. The molecule has 2 heterocycles. The number of nitrogens with zero attached hydrogens (tertiary/aromatic N) is 5. The summed E-state index contributed by atoms with van der Waals surface area (Å²) in [6, 6.07) is 15.0. The Hall–Kier alpha value is -5.26. The molecule has 0 atom stereocenters. The molecule has 4 aromatic rings. The average molecular weight is 681 g/mol. The molecule has 3 aromatic carbocycles. The van der Waals surface area contributed by atoms with Gasteiger partial charge in [0.1, 0.15) is 23.6 Å². The number of carbonyl (C=O) groups is 2. The maximum absolute atomic E-state index is 12.8. The number of halogens is 6. The van der Waals surface area contributed by atoms with Crippen LogP contribution >= 0.6 is 11.8 Å². The number of ether oxygens (including phenoxy) is 3. The molecule has 1 N–H and O–H groups in total. The zero-order chi connectivity index (χ0) is 33.8. The Balaban J connectivity index is 1.17. The molecule has 47 heavy (non-hydrogen) atoms. The van der Waals surface area contributed by atoms with E-state index < -0.39 is 31.1 Å². The normalized spacial score (nSPS) is 14.4. The molecule has 0 unspecified atom stereocenters. The van der Waals surface area contributed by atoms with E-state index in [0.717, 1.165) is 28.8 Å². The van der Waals surface area contributed by atoms with Crippen LogP contribution in [0, 0.1) is 6.92 Å². The number of rotatable bonds is 9. The highest BCUT2D eigenvalue weighted by Crippen LogP contribution is 2.36. The van der Waals surface area contributed by atoms with Crippen molar-refractivity contribution in [1.82, 2.24) is 20.1 Å². The van der Waals surface area contributed by atoms with Crippen LogP contribution in [0.2, 0.25) is 0 Å². The fourth-order valence-electron chi connectivity index (χ4n) is 4.09. The first-order valence-corrected chi connectivity index (χ1v) is 14.4. The van der Waals surface area contributed by atoms with Crippen molar-refractivity contribution in [2.75, 3.05) is 24.0 Å². The topological polar surface area (TPSA) is 120 Å². The fourth-order valence-corrected chi connectivity index (χ4v) is 4.95. The van der Waals surface area contributed by atoms with Crippen molar-refractivity contribution in [3.63, 3.8) is 0 Å². The number of thioether (sulfide) groups is 1. The molecule has 1 saturated heterocycles. The van der Waals surface area contributed by atoms with Gasteiger partial charge in [-0.3, -0.25) is 9.69 Å². The quantitative estimate of drug-likeness (QED) is 0.163. The monoisotopic (exact) mass is 680 g/mol. The SMILES string of the molecule is Cc1ccc(OCC(F)(F)F)c(N2C(=O)CS/C2=N\C(=O)NCOc2ccc(-c3ncn(-c4ccc(OC(F)(F)F)cc4)n3)cc2)c1. The van der Waals surface area contributed by atoms with Crippen LogP contribution in [0.25, 0.3) is 17.1 Å². The molecule has 1 aliphatic heterocycles. The summed E-state index contributed by atoms with van der Waals surface area (Å²) in [4.78, 5) is 34.3. The lowest BCUT2D eigenvalue weighted by atomic mass is 10.2. The Morgan fingerprint density at radius 1 is 0.979 bits per heavy atom. The van der Waals surface area contributed by atoms with E-state index in [4.69, 9.17) is 9.47 Å². The molecule has 0 spiro atoms. The minimum absolute atomic E-state index is 0.0277. The highest BCUT2D eigenvalue weighted by atomic mass is 32.2. The highest BCUT2D eigenvalue weighted by Gasteiger charge is 2.34. The number of urea groups is 1. The number of benzene rings is 3. The van der Waals surface area contributed by atoms with Crippen molar-refractivity contribution < 1.29 is 50.1 Å². The smallest absolute Gasteiger partial charge is 0.482 e. The summed E-state index contributed by atoms with van der Waals surface area (Å²) in [6.07, 6.45) is -8.01. The molecule has 11 nitrogen and oxygen atoms in total. The van der Waals surface area contributed by atoms with E-state index in [1.807, 2.05) is 0 Å². The van der Waals surface area contributed by atoms with Crippen LogP contribution in [-0.4, -0.2) is 63.5 Å². The molecule has 0 aliphatic carbocycles. The highest BCUT2D eigenvalue weighted by molar-refractivity contribution is 8.15. The molecular formula is C29H22F6N6O5S. The van der Waals surface area contributed by atoms with Gasteiger partial charge in [-0.2, -0.15) is 18.2 Å². The molecule has 246 valence electrons. The van der Waals surface area contributed by atoms with Gasteiger partial charge in [0, 0.05) is 5.56 Å². The summed E-state index contributed by atoms with van der Waals surface area (Å²) in [7, 11) is 0. The van der Waals surface area contributed by atoms with Crippen molar-refractivity contribution in [3.8, 4) is 34.3 Å². The molecule has 1 aromatic heterocycles. The van der Waals surface area contributed by atoms with Crippen LogP contribution in [0.15, 0.2) is 78.0 Å². The van der Waals surface area contributed by atoms with E-state index in [1.54, 1.807) is 31.2 Å². The molecule has 1 aliphatic rings. The van der Waals surface area contributed by atoms with Gasteiger partial charge in [-0.05, 0) is 73.2 Å². The average Bonchev–Trinajstić information content (AvgIpc) is 3.63. The van der Waals surface area contributed by atoms with Gasteiger partial charge in [0.05, 0.1) is 17.1 Å². The van der Waals surface area contributed by atoms with Crippen LogP contribution in [0.3, 0.4) is 0 Å². The lowest BCUT2D eigenvalue weighted by molar-refractivity contribution is -0.274. The third kappa shape index (κ3) is 8.93. The molecule has 5 rings (SSSR count). The van der Waals surface area contributed by atoms with Crippen LogP contribution in [-0.2, 0) is 4.79 Å². The van der Waals surface area contributed by atoms with Crippen LogP contribution in [0.5, 0.6) is 17.2 Å². The number of carbonyl (C=O) groups excluding carboxylic acids is 2. The number of aliphatic imine (C=N–C) groups is 1. The lowest BCUT2D eigenvalue weighted by Gasteiger charge is -2.21.